The lowest BCUT2D eigenvalue weighted by Crippen LogP contribution is -2.28. The molecule has 34 heavy (non-hydrogen) atoms. The van der Waals surface area contributed by atoms with Gasteiger partial charge in [-0.25, -0.2) is 4.79 Å². The van der Waals surface area contributed by atoms with Crippen molar-refractivity contribution in [3.63, 3.8) is 0 Å². The van der Waals surface area contributed by atoms with Crippen molar-refractivity contribution >= 4 is 16.9 Å². The van der Waals surface area contributed by atoms with Gasteiger partial charge in [-0.1, -0.05) is 37.3 Å². The number of carbonyl (C=O) groups excluding carboxylic acids is 1. The van der Waals surface area contributed by atoms with E-state index in [1.54, 1.807) is 49.6 Å². The van der Waals surface area contributed by atoms with E-state index in [2.05, 4.69) is 0 Å². The Hall–Kier alpha value is -4.26. The number of rotatable bonds is 9. The van der Waals surface area contributed by atoms with Crippen LogP contribution in [-0.2, 0) is 16.1 Å². The third-order valence-corrected chi connectivity index (χ3v) is 5.14. The van der Waals surface area contributed by atoms with Crippen molar-refractivity contribution < 1.29 is 28.2 Å². The Morgan fingerprint density at radius 1 is 0.941 bits per heavy atom. The van der Waals surface area contributed by atoms with E-state index in [0.717, 1.165) is 5.56 Å². The van der Waals surface area contributed by atoms with Crippen LogP contribution in [0.5, 0.6) is 23.0 Å². The topological polar surface area (TPSA) is 84.2 Å². The first kappa shape index (κ1) is 22.9. The number of hydrogen-bond acceptors (Lipinski definition) is 7. The summed E-state index contributed by atoms with van der Waals surface area (Å²) in [4.78, 5) is 25.3. The maximum atomic E-state index is 12.8. The van der Waals surface area contributed by atoms with E-state index in [4.69, 9.17) is 23.4 Å². The predicted molar refractivity (Wildman–Crippen MR) is 126 cm³/mol. The molecule has 0 aliphatic rings. The van der Waals surface area contributed by atoms with Gasteiger partial charge in [0.25, 0.3) is 0 Å². The highest BCUT2D eigenvalue weighted by Crippen LogP contribution is 2.26. The van der Waals surface area contributed by atoms with Crippen molar-refractivity contribution in [2.24, 2.45) is 0 Å². The number of fused-ring (bicyclic) bond motifs is 1. The van der Waals surface area contributed by atoms with Crippen LogP contribution in [0.1, 0.15) is 18.9 Å². The number of methoxy groups -OCH3 is 1. The summed E-state index contributed by atoms with van der Waals surface area (Å²) in [5.41, 5.74) is 0.890. The quantitative estimate of drug-likeness (QED) is 0.305. The normalized spacial score (nSPS) is 11.6. The van der Waals surface area contributed by atoms with Crippen molar-refractivity contribution in [1.29, 1.82) is 0 Å². The first-order valence-electron chi connectivity index (χ1n) is 10.8. The van der Waals surface area contributed by atoms with E-state index >= 15 is 0 Å². The van der Waals surface area contributed by atoms with Crippen molar-refractivity contribution in [3.05, 3.63) is 94.8 Å². The van der Waals surface area contributed by atoms with E-state index in [1.165, 1.54) is 6.26 Å². The Morgan fingerprint density at radius 3 is 2.35 bits per heavy atom. The van der Waals surface area contributed by atoms with Gasteiger partial charge < -0.3 is 23.4 Å². The summed E-state index contributed by atoms with van der Waals surface area (Å²) < 4.78 is 27.6. The van der Waals surface area contributed by atoms with Gasteiger partial charge in [0.05, 0.1) is 12.5 Å². The highest BCUT2D eigenvalue weighted by atomic mass is 16.6. The fourth-order valence-corrected chi connectivity index (χ4v) is 3.29. The Labute approximate surface area is 196 Å². The van der Waals surface area contributed by atoms with E-state index in [9.17, 15) is 9.59 Å². The number of esters is 1. The molecule has 0 bridgehead atoms. The zero-order chi connectivity index (χ0) is 23.9. The van der Waals surface area contributed by atoms with E-state index < -0.39 is 12.1 Å². The maximum Gasteiger partial charge on any atom is 0.347 e. The molecule has 3 aromatic carbocycles. The van der Waals surface area contributed by atoms with Crippen LogP contribution >= 0.6 is 0 Å². The maximum absolute atomic E-state index is 12.8. The summed E-state index contributed by atoms with van der Waals surface area (Å²) >= 11 is 0. The van der Waals surface area contributed by atoms with Gasteiger partial charge in [0.1, 0.15) is 35.7 Å². The Kier molecular flexibility index (Phi) is 7.13. The Morgan fingerprint density at radius 2 is 1.65 bits per heavy atom. The van der Waals surface area contributed by atoms with Gasteiger partial charge in [0.2, 0.25) is 11.2 Å². The smallest absolute Gasteiger partial charge is 0.347 e. The first-order chi connectivity index (χ1) is 16.6. The second-order valence-electron chi connectivity index (χ2n) is 7.47. The highest BCUT2D eigenvalue weighted by Gasteiger charge is 2.21. The molecule has 0 amide bonds. The molecule has 7 heteroatoms. The largest absolute Gasteiger partial charge is 0.497 e. The van der Waals surface area contributed by atoms with Gasteiger partial charge in [0, 0.05) is 6.07 Å². The van der Waals surface area contributed by atoms with Gasteiger partial charge >= 0.3 is 5.97 Å². The third kappa shape index (κ3) is 5.38. The molecule has 4 aromatic rings. The molecule has 0 fully saturated rings. The molecule has 0 saturated carbocycles. The lowest BCUT2D eigenvalue weighted by atomic mass is 10.2. The van der Waals surface area contributed by atoms with Crippen LogP contribution in [0.2, 0.25) is 0 Å². The molecule has 0 saturated heterocycles. The minimum Gasteiger partial charge on any atom is -0.497 e. The fourth-order valence-electron chi connectivity index (χ4n) is 3.29. The standard InChI is InChI=1S/C27H24O7/c1-3-23(27(29)32-16-18-7-5-4-6-8-18)34-21-13-14-22-24(15-21)31-17-25(26(22)28)33-20-11-9-19(30-2)10-12-20/h4-15,17,23H,3,16H2,1-2H3. The Balaban J connectivity index is 1.46. The van der Waals surface area contributed by atoms with Crippen LogP contribution < -0.4 is 19.6 Å². The lowest BCUT2D eigenvalue weighted by Gasteiger charge is -2.17. The number of ether oxygens (including phenoxy) is 4. The van der Waals surface area contributed by atoms with Gasteiger partial charge in [-0.05, 0) is 48.4 Å². The zero-order valence-corrected chi connectivity index (χ0v) is 18.9. The summed E-state index contributed by atoms with van der Waals surface area (Å²) in [6.45, 7) is 2.00. The zero-order valence-electron chi connectivity index (χ0n) is 18.9. The third-order valence-electron chi connectivity index (χ3n) is 5.14. The monoisotopic (exact) mass is 460 g/mol. The minimum atomic E-state index is -0.787. The summed E-state index contributed by atoms with van der Waals surface area (Å²) in [6.07, 6.45) is 0.888. The number of benzene rings is 3. The summed E-state index contributed by atoms with van der Waals surface area (Å²) in [5, 5.41) is 0.332. The molecule has 1 aromatic heterocycles. The average molecular weight is 460 g/mol. The number of hydrogen-bond donors (Lipinski definition) is 0. The van der Waals surface area contributed by atoms with Gasteiger partial charge in [-0.2, -0.15) is 0 Å². The molecule has 4 rings (SSSR count). The van der Waals surface area contributed by atoms with Crippen molar-refractivity contribution in [2.45, 2.75) is 26.1 Å². The SMILES string of the molecule is CCC(Oc1ccc2c(=O)c(Oc3ccc(OC)cc3)coc2c1)C(=O)OCc1ccccc1. The molecular weight excluding hydrogens is 436 g/mol. The van der Waals surface area contributed by atoms with Crippen LogP contribution in [0.4, 0.5) is 0 Å². The van der Waals surface area contributed by atoms with Crippen molar-refractivity contribution in [1.82, 2.24) is 0 Å². The highest BCUT2D eigenvalue weighted by molar-refractivity contribution is 5.79. The molecule has 1 atom stereocenters. The van der Waals surface area contributed by atoms with Crippen LogP contribution in [0, 0.1) is 0 Å². The molecule has 0 spiro atoms. The second kappa shape index (κ2) is 10.6. The minimum absolute atomic E-state index is 0.0576. The lowest BCUT2D eigenvalue weighted by molar-refractivity contribution is -0.153. The molecule has 1 heterocycles. The molecule has 1 unspecified atom stereocenters. The molecular formula is C27H24O7. The van der Waals surface area contributed by atoms with Crippen LogP contribution in [0.25, 0.3) is 11.0 Å². The van der Waals surface area contributed by atoms with E-state index in [1.807, 2.05) is 37.3 Å². The first-order valence-corrected chi connectivity index (χ1v) is 10.8. The molecule has 174 valence electrons. The summed E-state index contributed by atoms with van der Waals surface area (Å²) in [5.74, 6) is 1.15. The van der Waals surface area contributed by atoms with Gasteiger partial charge in [-0.15, -0.1) is 0 Å². The van der Waals surface area contributed by atoms with Crippen molar-refractivity contribution in [3.8, 4) is 23.0 Å². The molecule has 0 aliphatic heterocycles. The van der Waals surface area contributed by atoms with Crippen molar-refractivity contribution in [2.75, 3.05) is 7.11 Å². The summed E-state index contributed by atoms with van der Waals surface area (Å²) in [7, 11) is 1.57. The van der Waals surface area contributed by atoms with E-state index in [0.29, 0.717) is 34.6 Å². The average Bonchev–Trinajstić information content (AvgIpc) is 2.88. The van der Waals surface area contributed by atoms with Crippen LogP contribution in [-0.4, -0.2) is 19.2 Å². The van der Waals surface area contributed by atoms with Gasteiger partial charge in [0.15, 0.2) is 6.10 Å². The molecule has 0 aliphatic carbocycles. The van der Waals surface area contributed by atoms with Gasteiger partial charge in [-0.3, -0.25) is 4.79 Å². The summed E-state index contributed by atoms with van der Waals surface area (Å²) in [6, 6.07) is 21.1. The molecule has 0 radical (unpaired) electrons. The van der Waals surface area contributed by atoms with Crippen LogP contribution in [0.15, 0.2) is 88.3 Å². The van der Waals surface area contributed by atoms with Crippen LogP contribution in [0.3, 0.4) is 0 Å². The predicted octanol–water partition coefficient (Wildman–Crippen LogP) is 5.49. The molecule has 0 N–H and O–H groups in total. The Bertz CT molecular complexity index is 1310. The second-order valence-corrected chi connectivity index (χ2v) is 7.47. The molecule has 7 nitrogen and oxygen atoms in total. The van der Waals surface area contributed by atoms with E-state index in [-0.39, 0.29) is 17.8 Å². The fraction of sp³-hybridized carbons (Fsp3) is 0.185. The number of carbonyl (C=O) groups is 1.